The van der Waals surface area contributed by atoms with Crippen LogP contribution in [0.5, 0.6) is 0 Å². The molecule has 2 aromatic rings. The number of nitro groups is 1. The van der Waals surface area contributed by atoms with E-state index in [1.807, 2.05) is 13.0 Å². The lowest BCUT2D eigenvalue weighted by Crippen LogP contribution is -2.49. The van der Waals surface area contributed by atoms with Gasteiger partial charge in [0.2, 0.25) is 5.95 Å². The third kappa shape index (κ3) is 4.52. The number of hydrogen-bond donors (Lipinski definition) is 1. The second-order valence-electron chi connectivity index (χ2n) is 7.84. The van der Waals surface area contributed by atoms with Gasteiger partial charge in [-0.1, -0.05) is 19.3 Å². The predicted molar refractivity (Wildman–Crippen MR) is 111 cm³/mol. The van der Waals surface area contributed by atoms with Gasteiger partial charge in [-0.2, -0.15) is 4.98 Å². The monoisotopic (exact) mass is 414 g/mol. The first kappa shape index (κ1) is 20.1. The van der Waals surface area contributed by atoms with E-state index in [0.29, 0.717) is 38.2 Å². The number of nitrogens with one attached hydrogen (secondary N) is 1. The highest BCUT2D eigenvalue weighted by Gasteiger charge is 2.27. The number of nitrogens with zero attached hydrogens (tertiary/aromatic N) is 5. The van der Waals surface area contributed by atoms with Crippen molar-refractivity contribution in [2.24, 2.45) is 0 Å². The zero-order chi connectivity index (χ0) is 21.1. The quantitative estimate of drug-likeness (QED) is 0.586. The molecule has 4 rings (SSSR count). The maximum Gasteiger partial charge on any atom is 0.433 e. The van der Waals surface area contributed by atoms with Gasteiger partial charge in [0, 0.05) is 44.0 Å². The number of hydrogen-bond acceptors (Lipinski definition) is 8. The molecule has 1 aliphatic carbocycles. The molecule has 1 amide bonds. The Morgan fingerprint density at radius 3 is 2.57 bits per heavy atom. The van der Waals surface area contributed by atoms with E-state index in [1.165, 1.54) is 31.4 Å². The number of rotatable bonds is 5. The second-order valence-corrected chi connectivity index (χ2v) is 7.84. The zero-order valence-electron chi connectivity index (χ0n) is 17.0. The summed E-state index contributed by atoms with van der Waals surface area (Å²) in [6.45, 7) is 4.17. The summed E-state index contributed by atoms with van der Waals surface area (Å²) >= 11 is 0. The molecule has 1 saturated carbocycles. The Morgan fingerprint density at radius 1 is 1.17 bits per heavy atom. The first-order valence-corrected chi connectivity index (χ1v) is 10.4. The minimum atomic E-state index is -0.648. The van der Waals surface area contributed by atoms with Gasteiger partial charge < -0.3 is 19.5 Å². The van der Waals surface area contributed by atoms with Crippen LogP contribution >= 0.6 is 0 Å². The smallest absolute Gasteiger partial charge is 0.395 e. The summed E-state index contributed by atoms with van der Waals surface area (Å²) in [5.41, 5.74) is 0.903. The standard InChI is InChI=1S/C20H26N6O4/c1-14-13-17(23-20(21-14)22-15-5-3-2-4-6-15)24-9-11-25(12-10-24)19(27)16-7-8-18(30-16)26(28)29/h7-8,13,15H,2-6,9-12H2,1H3,(H,21,22,23). The summed E-state index contributed by atoms with van der Waals surface area (Å²) in [4.78, 5) is 35.7. The molecule has 160 valence electrons. The maximum absolute atomic E-state index is 12.6. The van der Waals surface area contributed by atoms with E-state index in [9.17, 15) is 14.9 Å². The van der Waals surface area contributed by atoms with Crippen LogP contribution < -0.4 is 10.2 Å². The van der Waals surface area contributed by atoms with Gasteiger partial charge in [0.1, 0.15) is 10.7 Å². The SMILES string of the molecule is Cc1cc(N2CCN(C(=O)c3ccc([N+](=O)[O-])o3)CC2)nc(NC2CCCCC2)n1. The van der Waals surface area contributed by atoms with Crippen LogP contribution in [0.2, 0.25) is 0 Å². The number of carbonyl (C=O) groups is 1. The Kier molecular flexibility index (Phi) is 5.82. The number of amides is 1. The van der Waals surface area contributed by atoms with Crippen molar-refractivity contribution in [1.82, 2.24) is 14.9 Å². The normalized spacial score (nSPS) is 17.8. The Hall–Kier alpha value is -3.17. The van der Waals surface area contributed by atoms with Crippen molar-refractivity contribution in [2.75, 3.05) is 36.4 Å². The van der Waals surface area contributed by atoms with E-state index in [-0.39, 0.29) is 11.7 Å². The average Bonchev–Trinajstić information content (AvgIpc) is 3.24. The van der Waals surface area contributed by atoms with E-state index in [4.69, 9.17) is 9.40 Å². The molecule has 2 fully saturated rings. The third-order valence-corrected chi connectivity index (χ3v) is 5.65. The lowest BCUT2D eigenvalue weighted by molar-refractivity contribution is -0.402. The predicted octanol–water partition coefficient (Wildman–Crippen LogP) is 2.99. The molecule has 0 bridgehead atoms. The summed E-state index contributed by atoms with van der Waals surface area (Å²) in [5, 5.41) is 14.2. The summed E-state index contributed by atoms with van der Waals surface area (Å²) in [6.07, 6.45) is 6.08. The lowest BCUT2D eigenvalue weighted by atomic mass is 9.96. The summed E-state index contributed by atoms with van der Waals surface area (Å²) in [6, 6.07) is 4.94. The van der Waals surface area contributed by atoms with Crippen LogP contribution in [0, 0.1) is 17.0 Å². The first-order valence-electron chi connectivity index (χ1n) is 10.4. The summed E-state index contributed by atoms with van der Waals surface area (Å²) in [7, 11) is 0. The molecule has 1 aliphatic heterocycles. The number of anilines is 2. The summed E-state index contributed by atoms with van der Waals surface area (Å²) in [5.74, 6) is 0.750. The third-order valence-electron chi connectivity index (χ3n) is 5.65. The van der Waals surface area contributed by atoms with Crippen molar-refractivity contribution < 1.29 is 14.1 Å². The highest BCUT2D eigenvalue weighted by atomic mass is 16.6. The highest BCUT2D eigenvalue weighted by molar-refractivity contribution is 5.92. The molecular weight excluding hydrogens is 388 g/mol. The fourth-order valence-electron chi connectivity index (χ4n) is 4.04. The molecule has 30 heavy (non-hydrogen) atoms. The Balaban J connectivity index is 1.38. The highest BCUT2D eigenvalue weighted by Crippen LogP contribution is 2.23. The molecule has 1 saturated heterocycles. The molecule has 10 nitrogen and oxygen atoms in total. The minimum absolute atomic E-state index is 0.00741. The van der Waals surface area contributed by atoms with Gasteiger partial charge in [-0.3, -0.25) is 14.9 Å². The maximum atomic E-state index is 12.6. The summed E-state index contributed by atoms with van der Waals surface area (Å²) < 4.78 is 5.04. The van der Waals surface area contributed by atoms with Gasteiger partial charge in [0.25, 0.3) is 5.91 Å². The zero-order valence-corrected chi connectivity index (χ0v) is 17.0. The Bertz CT molecular complexity index is 916. The van der Waals surface area contributed by atoms with Crippen molar-refractivity contribution in [2.45, 2.75) is 45.1 Å². The number of aromatic nitrogens is 2. The molecule has 0 unspecified atom stereocenters. The second kappa shape index (κ2) is 8.68. The van der Waals surface area contributed by atoms with Gasteiger partial charge in [-0.25, -0.2) is 4.98 Å². The van der Waals surface area contributed by atoms with Crippen molar-refractivity contribution in [1.29, 1.82) is 0 Å². The number of furan rings is 1. The molecule has 3 heterocycles. The molecule has 2 aromatic heterocycles. The van der Waals surface area contributed by atoms with Crippen molar-refractivity contribution in [3.63, 3.8) is 0 Å². The fourth-order valence-corrected chi connectivity index (χ4v) is 4.04. The Labute approximate surface area is 174 Å². The van der Waals surface area contributed by atoms with E-state index < -0.39 is 10.8 Å². The van der Waals surface area contributed by atoms with Gasteiger partial charge in [0.05, 0.1) is 6.07 Å². The molecule has 1 N–H and O–H groups in total. The minimum Gasteiger partial charge on any atom is -0.395 e. The number of carbonyl (C=O) groups excluding carboxylic acids is 1. The molecule has 0 spiro atoms. The van der Waals surface area contributed by atoms with Gasteiger partial charge >= 0.3 is 5.88 Å². The van der Waals surface area contributed by atoms with Crippen LogP contribution in [0.3, 0.4) is 0 Å². The van der Waals surface area contributed by atoms with Crippen LogP contribution in [-0.4, -0.2) is 57.9 Å². The van der Waals surface area contributed by atoms with Crippen LogP contribution in [0.4, 0.5) is 17.7 Å². The first-order chi connectivity index (χ1) is 14.5. The van der Waals surface area contributed by atoms with Gasteiger partial charge in [-0.15, -0.1) is 0 Å². The van der Waals surface area contributed by atoms with Gasteiger partial charge in [0.15, 0.2) is 5.76 Å². The van der Waals surface area contributed by atoms with Crippen molar-refractivity contribution in [3.8, 4) is 0 Å². The van der Waals surface area contributed by atoms with E-state index >= 15 is 0 Å². The van der Waals surface area contributed by atoms with Crippen LogP contribution in [0.15, 0.2) is 22.6 Å². The molecule has 0 aromatic carbocycles. The topological polar surface area (TPSA) is 118 Å². The van der Waals surface area contributed by atoms with Crippen molar-refractivity contribution >= 4 is 23.6 Å². The molecule has 2 aliphatic rings. The van der Waals surface area contributed by atoms with Crippen LogP contribution in [-0.2, 0) is 0 Å². The molecule has 0 radical (unpaired) electrons. The molecular formula is C20H26N6O4. The lowest BCUT2D eigenvalue weighted by Gasteiger charge is -2.35. The van der Waals surface area contributed by atoms with Crippen LogP contribution in [0.25, 0.3) is 0 Å². The van der Waals surface area contributed by atoms with Crippen molar-refractivity contribution in [3.05, 3.63) is 39.8 Å². The fraction of sp³-hybridized carbons (Fsp3) is 0.550. The Morgan fingerprint density at radius 2 is 1.90 bits per heavy atom. The van der Waals surface area contributed by atoms with E-state index in [1.54, 1.807) is 4.90 Å². The average molecular weight is 414 g/mol. The van der Waals surface area contributed by atoms with E-state index in [0.717, 1.165) is 24.4 Å². The van der Waals surface area contributed by atoms with Gasteiger partial charge in [-0.05, 0) is 25.8 Å². The largest absolute Gasteiger partial charge is 0.433 e. The molecule has 10 heteroatoms. The van der Waals surface area contributed by atoms with Crippen LogP contribution in [0.1, 0.15) is 48.4 Å². The number of aryl methyl sites for hydroxylation is 1. The van der Waals surface area contributed by atoms with E-state index in [2.05, 4.69) is 15.2 Å². The number of piperazine rings is 1. The molecule has 0 atom stereocenters.